The largest absolute Gasteiger partial charge is 0.374 e. The van der Waals surface area contributed by atoms with E-state index in [9.17, 15) is 0 Å². The minimum absolute atomic E-state index is 0.419. The maximum absolute atomic E-state index is 6.22. The van der Waals surface area contributed by atoms with Gasteiger partial charge in [-0.15, -0.1) is 0 Å². The van der Waals surface area contributed by atoms with Gasteiger partial charge < -0.3 is 15.0 Å². The lowest BCUT2D eigenvalue weighted by Gasteiger charge is -2.39. The minimum Gasteiger partial charge on any atom is -0.374 e. The highest BCUT2D eigenvalue weighted by Crippen LogP contribution is 2.28. The highest BCUT2D eigenvalue weighted by molar-refractivity contribution is 4.85. The van der Waals surface area contributed by atoms with Gasteiger partial charge in [0.2, 0.25) is 0 Å². The molecular weight excluding hydrogens is 224 g/mol. The van der Waals surface area contributed by atoms with Gasteiger partial charge >= 0.3 is 0 Å². The van der Waals surface area contributed by atoms with Crippen LogP contribution in [0.25, 0.3) is 0 Å². The molecule has 0 unspecified atom stereocenters. The average molecular weight is 256 g/mol. The molecule has 18 heavy (non-hydrogen) atoms. The summed E-state index contributed by atoms with van der Waals surface area (Å²) < 4.78 is 6.22. The van der Waals surface area contributed by atoms with Crippen LogP contribution in [-0.4, -0.2) is 50.3 Å². The maximum Gasteiger partial charge on any atom is 0.0616 e. The van der Waals surface area contributed by atoms with E-state index < -0.39 is 0 Å². The van der Waals surface area contributed by atoms with Crippen molar-refractivity contribution in [3.8, 4) is 0 Å². The van der Waals surface area contributed by atoms with Crippen molar-refractivity contribution in [3.05, 3.63) is 0 Å². The van der Waals surface area contributed by atoms with Crippen molar-refractivity contribution >= 4 is 0 Å². The van der Waals surface area contributed by atoms with E-state index in [1.165, 1.54) is 0 Å². The first-order valence-electron chi connectivity index (χ1n) is 7.43. The Labute approximate surface area is 113 Å². The molecule has 0 radical (unpaired) electrons. The Morgan fingerprint density at radius 2 is 1.56 bits per heavy atom. The Kier molecular flexibility index (Phi) is 6.61. The molecule has 0 saturated carbocycles. The summed E-state index contributed by atoms with van der Waals surface area (Å²) in [5.74, 6) is 1.23. The predicted molar refractivity (Wildman–Crippen MR) is 77.9 cm³/mol. The standard InChI is InChI=1S/C15H32N2O/c1-11(2)14-9-13(16-7-8-17(5)6)10-15(18-14)12(3)4/h11-16H,7-10H2,1-6H3/t14-,15-/m1/s1. The SMILES string of the molecule is CC(C)[C@H]1CC(NCCN(C)C)C[C@H](C(C)C)O1. The second-order valence-corrected chi connectivity index (χ2v) is 6.63. The molecule has 1 fully saturated rings. The van der Waals surface area contributed by atoms with Crippen LogP contribution in [0.15, 0.2) is 0 Å². The van der Waals surface area contributed by atoms with Crippen LogP contribution in [-0.2, 0) is 4.74 Å². The third-order valence-electron chi connectivity index (χ3n) is 3.86. The lowest BCUT2D eigenvalue weighted by atomic mass is 9.88. The van der Waals surface area contributed by atoms with E-state index in [0.29, 0.717) is 30.1 Å². The van der Waals surface area contributed by atoms with Crippen molar-refractivity contribution in [2.75, 3.05) is 27.2 Å². The van der Waals surface area contributed by atoms with Crippen LogP contribution in [0, 0.1) is 11.8 Å². The van der Waals surface area contributed by atoms with Crippen molar-refractivity contribution in [2.24, 2.45) is 11.8 Å². The first-order valence-corrected chi connectivity index (χ1v) is 7.43. The summed E-state index contributed by atoms with van der Waals surface area (Å²) in [4.78, 5) is 2.23. The van der Waals surface area contributed by atoms with Crippen LogP contribution in [0.2, 0.25) is 0 Å². The fourth-order valence-corrected chi connectivity index (χ4v) is 2.51. The molecule has 0 spiro atoms. The molecule has 0 aromatic carbocycles. The van der Waals surface area contributed by atoms with Crippen LogP contribution >= 0.6 is 0 Å². The molecule has 1 aliphatic rings. The zero-order valence-corrected chi connectivity index (χ0v) is 13.1. The molecule has 1 heterocycles. The Balaban J connectivity index is 2.45. The monoisotopic (exact) mass is 256 g/mol. The molecule has 0 aliphatic carbocycles. The Hall–Kier alpha value is -0.120. The van der Waals surface area contributed by atoms with Gasteiger partial charge in [0.25, 0.3) is 0 Å². The van der Waals surface area contributed by atoms with Crippen LogP contribution in [0.1, 0.15) is 40.5 Å². The maximum atomic E-state index is 6.22. The lowest BCUT2D eigenvalue weighted by Crippen LogP contribution is -2.47. The quantitative estimate of drug-likeness (QED) is 0.789. The van der Waals surface area contributed by atoms with Crippen molar-refractivity contribution in [3.63, 3.8) is 0 Å². The van der Waals surface area contributed by atoms with E-state index >= 15 is 0 Å². The number of hydrogen-bond acceptors (Lipinski definition) is 3. The van der Waals surface area contributed by atoms with Gasteiger partial charge in [-0.3, -0.25) is 0 Å². The van der Waals surface area contributed by atoms with Gasteiger partial charge in [-0.2, -0.15) is 0 Å². The highest BCUT2D eigenvalue weighted by Gasteiger charge is 2.32. The molecular formula is C15H32N2O. The van der Waals surface area contributed by atoms with Gasteiger partial charge in [-0.25, -0.2) is 0 Å². The second kappa shape index (κ2) is 7.46. The zero-order valence-electron chi connectivity index (χ0n) is 13.1. The molecule has 0 aromatic heterocycles. The minimum atomic E-state index is 0.419. The van der Waals surface area contributed by atoms with Crippen molar-refractivity contribution in [1.82, 2.24) is 10.2 Å². The van der Waals surface area contributed by atoms with E-state index in [1.54, 1.807) is 0 Å². The summed E-state index contributed by atoms with van der Waals surface area (Å²) >= 11 is 0. The van der Waals surface area contributed by atoms with Crippen LogP contribution < -0.4 is 5.32 Å². The number of hydrogen-bond donors (Lipinski definition) is 1. The zero-order chi connectivity index (χ0) is 13.7. The summed E-state index contributed by atoms with van der Waals surface area (Å²) in [5, 5.41) is 3.70. The van der Waals surface area contributed by atoms with Crippen LogP contribution in [0.4, 0.5) is 0 Å². The molecule has 0 amide bonds. The first kappa shape index (κ1) is 15.9. The van der Waals surface area contributed by atoms with Crippen molar-refractivity contribution in [2.45, 2.75) is 58.8 Å². The summed E-state index contributed by atoms with van der Waals surface area (Å²) in [7, 11) is 4.25. The molecule has 3 heteroatoms. The number of nitrogens with one attached hydrogen (secondary N) is 1. The molecule has 1 saturated heterocycles. The number of nitrogens with zero attached hydrogens (tertiary/aromatic N) is 1. The summed E-state index contributed by atoms with van der Waals surface area (Å²) in [6, 6.07) is 0.624. The Bertz CT molecular complexity index is 213. The normalized spacial score (nSPS) is 29.5. The van der Waals surface area contributed by atoms with Gasteiger partial charge in [-0.05, 0) is 38.8 Å². The number of rotatable bonds is 6. The molecule has 0 aromatic rings. The fourth-order valence-electron chi connectivity index (χ4n) is 2.51. The van der Waals surface area contributed by atoms with E-state index in [0.717, 1.165) is 25.9 Å². The smallest absolute Gasteiger partial charge is 0.0616 e. The molecule has 108 valence electrons. The fraction of sp³-hybridized carbons (Fsp3) is 1.00. The lowest BCUT2D eigenvalue weighted by molar-refractivity contribution is -0.0993. The van der Waals surface area contributed by atoms with E-state index in [1.807, 2.05) is 0 Å². The van der Waals surface area contributed by atoms with Gasteiger partial charge in [0.1, 0.15) is 0 Å². The van der Waals surface area contributed by atoms with E-state index in [2.05, 4.69) is 52.0 Å². The van der Waals surface area contributed by atoms with Crippen LogP contribution in [0.3, 0.4) is 0 Å². The molecule has 1 aliphatic heterocycles. The molecule has 1 rings (SSSR count). The topological polar surface area (TPSA) is 24.5 Å². The van der Waals surface area contributed by atoms with Gasteiger partial charge in [0.15, 0.2) is 0 Å². The summed E-state index contributed by atoms with van der Waals surface area (Å²) in [5.41, 5.74) is 0. The first-order chi connectivity index (χ1) is 8.40. The van der Waals surface area contributed by atoms with Crippen molar-refractivity contribution in [1.29, 1.82) is 0 Å². The number of ether oxygens (including phenoxy) is 1. The van der Waals surface area contributed by atoms with Gasteiger partial charge in [-0.1, -0.05) is 27.7 Å². The highest BCUT2D eigenvalue weighted by atomic mass is 16.5. The van der Waals surface area contributed by atoms with Crippen LogP contribution in [0.5, 0.6) is 0 Å². The third-order valence-corrected chi connectivity index (χ3v) is 3.86. The number of likely N-dealkylation sites (N-methyl/N-ethyl adjacent to an activating group) is 1. The molecule has 1 N–H and O–H groups in total. The second-order valence-electron chi connectivity index (χ2n) is 6.63. The van der Waals surface area contributed by atoms with Crippen molar-refractivity contribution < 1.29 is 4.74 Å². The predicted octanol–water partition coefficient (Wildman–Crippen LogP) is 2.37. The third kappa shape index (κ3) is 5.25. The van der Waals surface area contributed by atoms with E-state index in [-0.39, 0.29) is 0 Å². The van der Waals surface area contributed by atoms with Gasteiger partial charge in [0.05, 0.1) is 12.2 Å². The average Bonchev–Trinajstić information content (AvgIpc) is 2.28. The van der Waals surface area contributed by atoms with Gasteiger partial charge in [0, 0.05) is 19.1 Å². The van der Waals surface area contributed by atoms with E-state index in [4.69, 9.17) is 4.74 Å². The summed E-state index contributed by atoms with van der Waals surface area (Å²) in [6.07, 6.45) is 3.16. The molecule has 0 bridgehead atoms. The Morgan fingerprint density at radius 3 is 1.94 bits per heavy atom. The summed E-state index contributed by atoms with van der Waals surface area (Å²) in [6.45, 7) is 11.3. The molecule has 2 atom stereocenters. The Morgan fingerprint density at radius 1 is 1.06 bits per heavy atom. The molecule has 3 nitrogen and oxygen atoms in total.